The van der Waals surface area contributed by atoms with Crippen LogP contribution in [0.4, 0.5) is 10.5 Å². The fraction of sp³-hybridized carbons (Fsp3) is 0.421. The molecule has 1 aromatic carbocycles. The smallest absolute Gasteiger partial charge is 0.321 e. The zero-order valence-corrected chi connectivity index (χ0v) is 14.9. The number of aromatic nitrogens is 2. The first-order chi connectivity index (χ1) is 11.9. The minimum atomic E-state index is -0.139. The van der Waals surface area contributed by atoms with Gasteiger partial charge >= 0.3 is 6.03 Å². The van der Waals surface area contributed by atoms with E-state index in [1.54, 1.807) is 13.0 Å². The number of piperidine rings is 1. The van der Waals surface area contributed by atoms with Gasteiger partial charge in [-0.05, 0) is 45.2 Å². The summed E-state index contributed by atoms with van der Waals surface area (Å²) in [6.07, 6.45) is 1.84. The number of carbonyl (C=O) groups is 1. The molecule has 25 heavy (non-hydrogen) atoms. The van der Waals surface area contributed by atoms with Crippen molar-refractivity contribution in [3.05, 3.63) is 57.3 Å². The van der Waals surface area contributed by atoms with Gasteiger partial charge in [0.25, 0.3) is 5.56 Å². The van der Waals surface area contributed by atoms with Crippen molar-refractivity contribution in [3.8, 4) is 0 Å². The maximum Gasteiger partial charge on any atom is 0.321 e. The summed E-state index contributed by atoms with van der Waals surface area (Å²) < 4.78 is 0. The molecule has 1 aliphatic rings. The lowest BCUT2D eigenvalue weighted by atomic mass is 9.94. The third-order valence-electron chi connectivity index (χ3n) is 4.63. The van der Waals surface area contributed by atoms with Crippen LogP contribution in [-0.4, -0.2) is 34.0 Å². The molecule has 2 aromatic rings. The lowest BCUT2D eigenvalue weighted by Gasteiger charge is -2.32. The van der Waals surface area contributed by atoms with Crippen molar-refractivity contribution in [1.29, 1.82) is 0 Å². The molecule has 132 valence electrons. The molecule has 1 saturated heterocycles. The highest BCUT2D eigenvalue weighted by Crippen LogP contribution is 2.26. The highest BCUT2D eigenvalue weighted by atomic mass is 16.2. The summed E-state index contributed by atoms with van der Waals surface area (Å²) in [6, 6.07) is 7.43. The van der Waals surface area contributed by atoms with Gasteiger partial charge in [0.2, 0.25) is 0 Å². The molecule has 2 amide bonds. The molecule has 3 rings (SSSR count). The molecule has 0 saturated carbocycles. The SMILES string of the molecule is Cc1ccc(NC(=O)N2CCCC(c3cc(=O)[nH]c(C)n3)C2)c(C)c1. The number of hydrogen-bond acceptors (Lipinski definition) is 3. The first kappa shape index (κ1) is 17.2. The lowest BCUT2D eigenvalue weighted by molar-refractivity contribution is 0.192. The van der Waals surface area contributed by atoms with Crippen LogP contribution in [0.2, 0.25) is 0 Å². The average Bonchev–Trinajstić information content (AvgIpc) is 2.56. The van der Waals surface area contributed by atoms with E-state index in [1.165, 1.54) is 5.56 Å². The molecule has 1 unspecified atom stereocenters. The Morgan fingerprint density at radius 3 is 2.80 bits per heavy atom. The Bertz CT molecular complexity index is 844. The van der Waals surface area contributed by atoms with E-state index in [1.807, 2.05) is 30.9 Å². The summed E-state index contributed by atoms with van der Waals surface area (Å²) >= 11 is 0. The third-order valence-corrected chi connectivity index (χ3v) is 4.63. The van der Waals surface area contributed by atoms with E-state index in [-0.39, 0.29) is 17.5 Å². The second-order valence-corrected chi connectivity index (χ2v) is 6.79. The minimum Gasteiger partial charge on any atom is -0.324 e. The summed E-state index contributed by atoms with van der Waals surface area (Å²) in [5, 5.41) is 3.00. The molecule has 1 atom stereocenters. The monoisotopic (exact) mass is 340 g/mol. The number of urea groups is 1. The van der Waals surface area contributed by atoms with Crippen molar-refractivity contribution in [3.63, 3.8) is 0 Å². The number of rotatable bonds is 2. The van der Waals surface area contributed by atoms with E-state index < -0.39 is 0 Å². The topological polar surface area (TPSA) is 78.1 Å². The quantitative estimate of drug-likeness (QED) is 0.882. The Balaban J connectivity index is 1.72. The molecule has 0 bridgehead atoms. The van der Waals surface area contributed by atoms with Gasteiger partial charge in [-0.15, -0.1) is 0 Å². The molecule has 0 spiro atoms. The summed E-state index contributed by atoms with van der Waals surface area (Å²) in [7, 11) is 0. The molecule has 1 fully saturated rings. The number of aryl methyl sites for hydroxylation is 3. The number of nitrogens with zero attached hydrogens (tertiary/aromatic N) is 2. The highest BCUT2D eigenvalue weighted by molar-refractivity contribution is 5.90. The summed E-state index contributed by atoms with van der Waals surface area (Å²) in [5.74, 6) is 0.707. The number of hydrogen-bond donors (Lipinski definition) is 2. The standard InChI is InChI=1S/C19H24N4O2/c1-12-6-7-16(13(2)9-12)22-19(25)23-8-4-5-15(11-23)17-10-18(24)21-14(3)20-17/h6-7,9-10,15H,4-5,8,11H2,1-3H3,(H,22,25)(H,20,21,24). The van der Waals surface area contributed by atoms with Crippen LogP contribution in [0, 0.1) is 20.8 Å². The van der Waals surface area contributed by atoms with Crippen LogP contribution in [0.3, 0.4) is 0 Å². The van der Waals surface area contributed by atoms with E-state index in [0.29, 0.717) is 12.4 Å². The molecular weight excluding hydrogens is 316 g/mol. The Hall–Kier alpha value is -2.63. The number of carbonyl (C=O) groups excluding carboxylic acids is 1. The second-order valence-electron chi connectivity index (χ2n) is 6.79. The molecule has 6 nitrogen and oxygen atoms in total. The Morgan fingerprint density at radius 2 is 2.08 bits per heavy atom. The van der Waals surface area contributed by atoms with Gasteiger partial charge in [-0.3, -0.25) is 4.79 Å². The molecule has 1 aliphatic heterocycles. The fourth-order valence-electron chi connectivity index (χ4n) is 3.36. The molecule has 2 heterocycles. The van der Waals surface area contributed by atoms with E-state index in [2.05, 4.69) is 21.4 Å². The fourth-order valence-corrected chi connectivity index (χ4v) is 3.36. The molecule has 6 heteroatoms. The van der Waals surface area contributed by atoms with Crippen LogP contribution in [0.5, 0.6) is 0 Å². The molecular formula is C19H24N4O2. The van der Waals surface area contributed by atoms with Crippen LogP contribution in [0.15, 0.2) is 29.1 Å². The molecule has 0 radical (unpaired) electrons. The predicted molar refractivity (Wildman–Crippen MR) is 98.1 cm³/mol. The zero-order valence-electron chi connectivity index (χ0n) is 14.9. The van der Waals surface area contributed by atoms with Crippen molar-refractivity contribution in [2.45, 2.75) is 39.5 Å². The summed E-state index contributed by atoms with van der Waals surface area (Å²) in [4.78, 5) is 33.3. The molecule has 1 aromatic heterocycles. The first-order valence-corrected chi connectivity index (χ1v) is 8.63. The predicted octanol–water partition coefficient (Wildman–Crippen LogP) is 3.11. The van der Waals surface area contributed by atoms with E-state index in [0.717, 1.165) is 36.3 Å². The minimum absolute atomic E-state index is 0.0969. The molecule has 0 aliphatic carbocycles. The van der Waals surface area contributed by atoms with Crippen molar-refractivity contribution in [2.75, 3.05) is 18.4 Å². The van der Waals surface area contributed by atoms with Crippen molar-refractivity contribution in [1.82, 2.24) is 14.9 Å². The Kier molecular flexibility index (Phi) is 4.88. The van der Waals surface area contributed by atoms with Gasteiger partial charge in [-0.25, -0.2) is 9.78 Å². The van der Waals surface area contributed by atoms with Crippen LogP contribution < -0.4 is 10.9 Å². The maximum atomic E-state index is 12.6. The van der Waals surface area contributed by atoms with Crippen molar-refractivity contribution < 1.29 is 4.79 Å². The lowest BCUT2D eigenvalue weighted by Crippen LogP contribution is -2.42. The van der Waals surface area contributed by atoms with Crippen LogP contribution in [-0.2, 0) is 0 Å². The first-order valence-electron chi connectivity index (χ1n) is 8.63. The number of likely N-dealkylation sites (tertiary alicyclic amines) is 1. The summed E-state index contributed by atoms with van der Waals surface area (Å²) in [5.41, 5.74) is 3.69. The van der Waals surface area contributed by atoms with Crippen LogP contribution >= 0.6 is 0 Å². The van der Waals surface area contributed by atoms with E-state index >= 15 is 0 Å². The second kappa shape index (κ2) is 7.09. The van der Waals surface area contributed by atoms with Gasteiger partial charge in [0, 0.05) is 30.8 Å². The highest BCUT2D eigenvalue weighted by Gasteiger charge is 2.26. The maximum absolute atomic E-state index is 12.6. The Labute approximate surface area is 147 Å². The number of aromatic amines is 1. The van der Waals surface area contributed by atoms with Crippen LogP contribution in [0.1, 0.15) is 41.4 Å². The van der Waals surface area contributed by atoms with Gasteiger partial charge in [0.05, 0.1) is 5.69 Å². The van der Waals surface area contributed by atoms with E-state index in [9.17, 15) is 9.59 Å². The summed E-state index contributed by atoms with van der Waals surface area (Å²) in [6.45, 7) is 7.09. The number of H-pyrrole nitrogens is 1. The molecule has 2 N–H and O–H groups in total. The zero-order chi connectivity index (χ0) is 18.0. The van der Waals surface area contributed by atoms with Gasteiger partial charge in [0.15, 0.2) is 0 Å². The van der Waals surface area contributed by atoms with Gasteiger partial charge in [0.1, 0.15) is 5.82 Å². The number of benzene rings is 1. The average molecular weight is 340 g/mol. The Morgan fingerprint density at radius 1 is 1.28 bits per heavy atom. The van der Waals surface area contributed by atoms with Crippen LogP contribution in [0.25, 0.3) is 0 Å². The number of nitrogens with one attached hydrogen (secondary N) is 2. The third kappa shape index (κ3) is 4.07. The van der Waals surface area contributed by atoms with Crippen molar-refractivity contribution >= 4 is 11.7 Å². The van der Waals surface area contributed by atoms with E-state index in [4.69, 9.17) is 0 Å². The van der Waals surface area contributed by atoms with Gasteiger partial charge in [-0.1, -0.05) is 17.7 Å². The number of anilines is 1. The number of amides is 2. The largest absolute Gasteiger partial charge is 0.324 e. The van der Waals surface area contributed by atoms with Crippen molar-refractivity contribution in [2.24, 2.45) is 0 Å². The van der Waals surface area contributed by atoms with Gasteiger partial charge < -0.3 is 15.2 Å². The normalized spacial score (nSPS) is 17.4. The van der Waals surface area contributed by atoms with Gasteiger partial charge in [-0.2, -0.15) is 0 Å².